The highest BCUT2D eigenvalue weighted by atomic mass is 19.1. The third kappa shape index (κ3) is 3.62. The summed E-state index contributed by atoms with van der Waals surface area (Å²) in [5, 5.41) is 0. The number of ether oxygens (including phenoxy) is 2. The Morgan fingerprint density at radius 3 is 2.37 bits per heavy atom. The molecular weight excluding hydrogens is 343 g/mol. The van der Waals surface area contributed by atoms with Gasteiger partial charge in [-0.2, -0.15) is 0 Å². The van der Waals surface area contributed by atoms with E-state index in [-0.39, 0.29) is 12.4 Å². The molecule has 1 aromatic heterocycles. The number of rotatable bonds is 6. The SMILES string of the molecule is COc1ccc(OCc2nc3ccccc3n2Cc2ccccc2F)cc1. The van der Waals surface area contributed by atoms with Crippen LogP contribution in [0.5, 0.6) is 11.5 Å². The predicted octanol–water partition coefficient (Wildman–Crippen LogP) is 4.81. The average molecular weight is 362 g/mol. The molecule has 0 aliphatic rings. The maximum absolute atomic E-state index is 14.2. The van der Waals surface area contributed by atoms with E-state index in [2.05, 4.69) is 4.98 Å². The van der Waals surface area contributed by atoms with E-state index in [4.69, 9.17) is 9.47 Å². The molecular formula is C22H19FN2O2. The van der Waals surface area contributed by atoms with Crippen LogP contribution >= 0.6 is 0 Å². The lowest BCUT2D eigenvalue weighted by atomic mass is 10.2. The Hall–Kier alpha value is -3.34. The lowest BCUT2D eigenvalue weighted by Crippen LogP contribution is -2.09. The van der Waals surface area contributed by atoms with E-state index in [0.29, 0.717) is 12.1 Å². The van der Waals surface area contributed by atoms with Crippen LogP contribution in [0.1, 0.15) is 11.4 Å². The number of para-hydroxylation sites is 2. The van der Waals surface area contributed by atoms with Crippen LogP contribution in [0, 0.1) is 5.82 Å². The highest BCUT2D eigenvalue weighted by Crippen LogP contribution is 2.22. The number of methoxy groups -OCH3 is 1. The molecule has 4 aromatic rings. The second-order valence-corrected chi connectivity index (χ2v) is 6.16. The van der Waals surface area contributed by atoms with Gasteiger partial charge in [0.2, 0.25) is 0 Å². The molecule has 0 saturated heterocycles. The van der Waals surface area contributed by atoms with Gasteiger partial charge in [0.1, 0.15) is 29.7 Å². The molecule has 3 aromatic carbocycles. The molecule has 0 atom stereocenters. The van der Waals surface area contributed by atoms with Gasteiger partial charge in [-0.15, -0.1) is 0 Å². The van der Waals surface area contributed by atoms with Crippen LogP contribution in [0.3, 0.4) is 0 Å². The van der Waals surface area contributed by atoms with Gasteiger partial charge < -0.3 is 14.0 Å². The molecule has 1 heterocycles. The Kier molecular flexibility index (Phi) is 4.75. The topological polar surface area (TPSA) is 36.3 Å². The molecule has 0 radical (unpaired) electrons. The maximum atomic E-state index is 14.2. The van der Waals surface area contributed by atoms with E-state index >= 15 is 0 Å². The zero-order valence-electron chi connectivity index (χ0n) is 14.9. The van der Waals surface area contributed by atoms with Gasteiger partial charge in [-0.1, -0.05) is 30.3 Å². The zero-order valence-corrected chi connectivity index (χ0v) is 14.9. The van der Waals surface area contributed by atoms with Gasteiger partial charge in [-0.3, -0.25) is 0 Å². The molecule has 0 amide bonds. The van der Waals surface area contributed by atoms with Crippen molar-refractivity contribution in [3.05, 3.63) is 90.0 Å². The summed E-state index contributed by atoms with van der Waals surface area (Å²) in [6.07, 6.45) is 0. The van der Waals surface area contributed by atoms with E-state index in [1.165, 1.54) is 6.07 Å². The van der Waals surface area contributed by atoms with Crippen LogP contribution in [0.4, 0.5) is 4.39 Å². The van der Waals surface area contributed by atoms with Gasteiger partial charge in [-0.25, -0.2) is 9.37 Å². The van der Waals surface area contributed by atoms with Crippen molar-refractivity contribution in [1.82, 2.24) is 9.55 Å². The van der Waals surface area contributed by atoms with Crippen molar-refractivity contribution in [2.24, 2.45) is 0 Å². The number of hydrogen-bond acceptors (Lipinski definition) is 3. The first-order valence-electron chi connectivity index (χ1n) is 8.69. The third-order valence-electron chi connectivity index (χ3n) is 4.45. The molecule has 0 aliphatic heterocycles. The molecule has 4 nitrogen and oxygen atoms in total. The van der Waals surface area contributed by atoms with Crippen molar-refractivity contribution < 1.29 is 13.9 Å². The number of aromatic nitrogens is 2. The highest BCUT2D eigenvalue weighted by Gasteiger charge is 2.13. The van der Waals surface area contributed by atoms with Crippen molar-refractivity contribution in [2.75, 3.05) is 7.11 Å². The van der Waals surface area contributed by atoms with Crippen molar-refractivity contribution in [3.8, 4) is 11.5 Å². The number of fused-ring (bicyclic) bond motifs is 1. The van der Waals surface area contributed by atoms with E-state index in [1.807, 2.05) is 59.2 Å². The van der Waals surface area contributed by atoms with E-state index in [9.17, 15) is 4.39 Å². The normalized spacial score (nSPS) is 10.9. The van der Waals surface area contributed by atoms with Crippen LogP contribution in [-0.4, -0.2) is 16.7 Å². The minimum absolute atomic E-state index is 0.225. The van der Waals surface area contributed by atoms with Crippen molar-refractivity contribution in [2.45, 2.75) is 13.2 Å². The third-order valence-corrected chi connectivity index (χ3v) is 4.45. The first kappa shape index (κ1) is 17.1. The predicted molar refractivity (Wildman–Crippen MR) is 103 cm³/mol. The van der Waals surface area contributed by atoms with Crippen molar-refractivity contribution in [1.29, 1.82) is 0 Å². The quantitative estimate of drug-likeness (QED) is 0.494. The van der Waals surface area contributed by atoms with Crippen LogP contribution in [0.2, 0.25) is 0 Å². The molecule has 0 aliphatic carbocycles. The number of halogens is 1. The number of hydrogen-bond donors (Lipinski definition) is 0. The largest absolute Gasteiger partial charge is 0.497 e. The molecule has 5 heteroatoms. The number of nitrogens with zero attached hydrogens (tertiary/aromatic N) is 2. The summed E-state index contributed by atoms with van der Waals surface area (Å²) in [5.41, 5.74) is 2.43. The second-order valence-electron chi connectivity index (χ2n) is 6.16. The lowest BCUT2D eigenvalue weighted by Gasteiger charge is -2.11. The monoisotopic (exact) mass is 362 g/mol. The van der Waals surface area contributed by atoms with Gasteiger partial charge in [0.15, 0.2) is 0 Å². The fourth-order valence-electron chi connectivity index (χ4n) is 3.03. The minimum Gasteiger partial charge on any atom is -0.497 e. The van der Waals surface area contributed by atoms with Crippen LogP contribution < -0.4 is 9.47 Å². The Morgan fingerprint density at radius 1 is 0.889 bits per heavy atom. The van der Waals surface area contributed by atoms with E-state index in [0.717, 1.165) is 28.4 Å². The summed E-state index contributed by atoms with van der Waals surface area (Å²) in [5.74, 6) is 2.02. The Balaban J connectivity index is 1.64. The second kappa shape index (κ2) is 7.50. The zero-order chi connectivity index (χ0) is 18.6. The summed E-state index contributed by atoms with van der Waals surface area (Å²) in [6.45, 7) is 0.684. The number of imidazole rings is 1. The molecule has 0 saturated carbocycles. The summed E-state index contributed by atoms with van der Waals surface area (Å²) in [6, 6.07) is 22.0. The summed E-state index contributed by atoms with van der Waals surface area (Å²) >= 11 is 0. The van der Waals surface area contributed by atoms with Crippen molar-refractivity contribution in [3.63, 3.8) is 0 Å². The standard InChI is InChI=1S/C22H19FN2O2/c1-26-17-10-12-18(13-11-17)27-15-22-24-20-8-4-5-9-21(20)25(22)14-16-6-2-3-7-19(16)23/h2-13H,14-15H2,1H3. The summed E-state index contributed by atoms with van der Waals surface area (Å²) in [7, 11) is 1.63. The van der Waals surface area contributed by atoms with Gasteiger partial charge >= 0.3 is 0 Å². The maximum Gasteiger partial charge on any atom is 0.148 e. The molecule has 0 bridgehead atoms. The molecule has 4 rings (SSSR count). The summed E-state index contributed by atoms with van der Waals surface area (Å²) in [4.78, 5) is 4.68. The van der Waals surface area contributed by atoms with Gasteiger partial charge in [0.05, 0.1) is 24.7 Å². The molecule has 0 N–H and O–H groups in total. The average Bonchev–Trinajstić information content (AvgIpc) is 3.06. The number of benzene rings is 3. The molecule has 136 valence electrons. The smallest absolute Gasteiger partial charge is 0.148 e. The van der Waals surface area contributed by atoms with Crippen LogP contribution in [0.15, 0.2) is 72.8 Å². The lowest BCUT2D eigenvalue weighted by molar-refractivity contribution is 0.290. The Bertz CT molecular complexity index is 1060. The minimum atomic E-state index is -0.225. The van der Waals surface area contributed by atoms with Crippen molar-refractivity contribution >= 4 is 11.0 Å². The van der Waals surface area contributed by atoms with E-state index < -0.39 is 0 Å². The Morgan fingerprint density at radius 2 is 1.59 bits per heavy atom. The summed E-state index contributed by atoms with van der Waals surface area (Å²) < 4.78 is 27.2. The fourth-order valence-corrected chi connectivity index (χ4v) is 3.03. The molecule has 27 heavy (non-hydrogen) atoms. The van der Waals surface area contributed by atoms with Gasteiger partial charge in [-0.05, 0) is 42.5 Å². The highest BCUT2D eigenvalue weighted by molar-refractivity contribution is 5.76. The van der Waals surface area contributed by atoms with E-state index in [1.54, 1.807) is 19.2 Å². The first-order chi connectivity index (χ1) is 13.2. The molecule has 0 unspecified atom stereocenters. The van der Waals surface area contributed by atoms with Crippen LogP contribution in [0.25, 0.3) is 11.0 Å². The van der Waals surface area contributed by atoms with Gasteiger partial charge in [0, 0.05) is 5.56 Å². The Labute approximate surface area is 156 Å². The van der Waals surface area contributed by atoms with Gasteiger partial charge in [0.25, 0.3) is 0 Å². The first-order valence-corrected chi connectivity index (χ1v) is 8.69. The molecule has 0 spiro atoms. The molecule has 0 fully saturated rings. The fraction of sp³-hybridized carbons (Fsp3) is 0.136. The van der Waals surface area contributed by atoms with Crippen LogP contribution in [-0.2, 0) is 13.2 Å².